The van der Waals surface area contributed by atoms with Crippen LogP contribution in [0.1, 0.15) is 13.8 Å². The Morgan fingerprint density at radius 2 is 1.73 bits per heavy atom. The van der Waals surface area contributed by atoms with E-state index in [0.717, 1.165) is 0 Å². The van der Waals surface area contributed by atoms with Gasteiger partial charge in [-0.05, 0) is 32.2 Å². The molecule has 0 aromatic heterocycles. The van der Waals surface area contributed by atoms with E-state index in [1.807, 2.05) is 0 Å². The van der Waals surface area contributed by atoms with E-state index in [9.17, 15) is 0 Å². The van der Waals surface area contributed by atoms with Crippen LogP contribution in [0.5, 0.6) is 0 Å². The van der Waals surface area contributed by atoms with Crippen LogP contribution < -0.4 is 4.98 Å². The molecule has 0 bridgehead atoms. The van der Waals surface area contributed by atoms with Gasteiger partial charge in [0.2, 0.25) is 9.20 Å². The molecule has 0 amide bonds. The maximum absolute atomic E-state index is 5.92. The zero-order chi connectivity index (χ0) is 9.07. The molecule has 1 N–H and O–H groups in total. The smallest absolute Gasteiger partial charge is 0.238 e. The van der Waals surface area contributed by atoms with Crippen LogP contribution in [0, 0.1) is 0 Å². The molecule has 0 aliphatic carbocycles. The van der Waals surface area contributed by atoms with Gasteiger partial charge < -0.3 is 9.10 Å². The molecule has 0 radical (unpaired) electrons. The van der Waals surface area contributed by atoms with Crippen molar-refractivity contribution in [1.82, 2.24) is 4.98 Å². The molecule has 0 aliphatic heterocycles. The topological polar surface area (TPSA) is 21.3 Å². The standard InChI is InChI=1S/C7H21NOSi2/c1-7(2)8-10(3)9-11(4,5)6/h7-8,10H,1-6H3. The minimum atomic E-state index is -1.29. The first-order valence-corrected chi connectivity index (χ1v) is 9.86. The summed E-state index contributed by atoms with van der Waals surface area (Å²) < 4.78 is 5.92. The van der Waals surface area contributed by atoms with Crippen molar-refractivity contribution in [3.63, 3.8) is 0 Å². The van der Waals surface area contributed by atoms with E-state index in [4.69, 9.17) is 4.12 Å². The van der Waals surface area contributed by atoms with E-state index in [2.05, 4.69) is 45.0 Å². The summed E-state index contributed by atoms with van der Waals surface area (Å²) in [4.78, 5) is 3.45. The second kappa shape index (κ2) is 4.40. The molecule has 1 atom stereocenters. The van der Waals surface area contributed by atoms with Gasteiger partial charge in [0.1, 0.15) is 0 Å². The first-order chi connectivity index (χ1) is 4.81. The highest BCUT2D eigenvalue weighted by Gasteiger charge is 2.18. The van der Waals surface area contributed by atoms with Gasteiger partial charge in [-0.1, -0.05) is 13.8 Å². The predicted octanol–water partition coefficient (Wildman–Crippen LogP) is 1.69. The van der Waals surface area contributed by atoms with Crippen molar-refractivity contribution >= 4 is 17.5 Å². The molecular formula is C7H21NOSi2. The van der Waals surface area contributed by atoms with E-state index in [-0.39, 0.29) is 0 Å². The first kappa shape index (κ1) is 11.4. The third-order valence-corrected chi connectivity index (χ3v) is 6.48. The molecule has 68 valence electrons. The molecular weight excluding hydrogens is 170 g/mol. The Labute approximate surface area is 73.3 Å². The van der Waals surface area contributed by atoms with Gasteiger partial charge in [0, 0.05) is 0 Å². The SMILES string of the molecule is CC(C)N[SiH](C)O[Si](C)(C)C. The summed E-state index contributed by atoms with van der Waals surface area (Å²) in [5.74, 6) is 0. The molecule has 2 nitrogen and oxygen atoms in total. The number of hydrogen-bond donors (Lipinski definition) is 1. The van der Waals surface area contributed by atoms with Gasteiger partial charge >= 0.3 is 0 Å². The predicted molar refractivity (Wildman–Crippen MR) is 55.7 cm³/mol. The van der Waals surface area contributed by atoms with Gasteiger partial charge in [-0.15, -0.1) is 0 Å². The first-order valence-electron chi connectivity index (χ1n) is 4.25. The van der Waals surface area contributed by atoms with E-state index < -0.39 is 17.5 Å². The highest BCUT2D eigenvalue weighted by atomic mass is 28.4. The average molecular weight is 191 g/mol. The number of nitrogens with one attached hydrogen (secondary N) is 1. The second-order valence-electron chi connectivity index (χ2n) is 4.19. The molecule has 0 rings (SSSR count). The molecule has 0 saturated carbocycles. The van der Waals surface area contributed by atoms with Crippen LogP contribution in [0.3, 0.4) is 0 Å². The highest BCUT2D eigenvalue weighted by molar-refractivity contribution is 6.76. The minimum absolute atomic E-state index is 0.563. The second-order valence-corrected chi connectivity index (χ2v) is 11.0. The monoisotopic (exact) mass is 191 g/mol. The molecule has 0 spiro atoms. The summed E-state index contributed by atoms with van der Waals surface area (Å²) in [6, 6.07) is 0.563. The van der Waals surface area contributed by atoms with Crippen molar-refractivity contribution in [2.45, 2.75) is 46.1 Å². The van der Waals surface area contributed by atoms with Crippen LogP contribution in [0.4, 0.5) is 0 Å². The molecule has 1 unspecified atom stereocenters. The highest BCUT2D eigenvalue weighted by Crippen LogP contribution is 2.03. The van der Waals surface area contributed by atoms with Crippen LogP contribution in [-0.4, -0.2) is 23.6 Å². The van der Waals surface area contributed by atoms with Gasteiger partial charge in [0.05, 0.1) is 0 Å². The summed E-state index contributed by atoms with van der Waals surface area (Å²) in [7, 11) is -2.36. The van der Waals surface area contributed by atoms with Gasteiger partial charge in [-0.2, -0.15) is 0 Å². The molecule has 0 fully saturated rings. The maximum Gasteiger partial charge on any atom is 0.238 e. The van der Waals surface area contributed by atoms with E-state index in [1.165, 1.54) is 0 Å². The fourth-order valence-corrected chi connectivity index (χ4v) is 6.49. The lowest BCUT2D eigenvalue weighted by Crippen LogP contribution is -2.45. The van der Waals surface area contributed by atoms with Crippen LogP contribution in [0.25, 0.3) is 0 Å². The van der Waals surface area contributed by atoms with Crippen LogP contribution in [0.2, 0.25) is 26.2 Å². The minimum Gasteiger partial charge on any atom is -0.447 e. The summed E-state index contributed by atoms with van der Waals surface area (Å²) >= 11 is 0. The molecule has 4 heteroatoms. The molecule has 0 aliphatic rings. The summed E-state index contributed by atoms with van der Waals surface area (Å²) in [5, 5.41) is 0. The Hall–Kier alpha value is 0.354. The summed E-state index contributed by atoms with van der Waals surface area (Å²) in [6.07, 6.45) is 0. The summed E-state index contributed by atoms with van der Waals surface area (Å²) in [6.45, 7) is 13.2. The normalized spacial score (nSPS) is 15.5. The Balaban J connectivity index is 3.61. The van der Waals surface area contributed by atoms with Crippen molar-refractivity contribution in [1.29, 1.82) is 0 Å². The quantitative estimate of drug-likeness (QED) is 0.683. The third-order valence-electron chi connectivity index (χ3n) is 1.10. The molecule has 0 heterocycles. The van der Waals surface area contributed by atoms with Crippen molar-refractivity contribution in [2.75, 3.05) is 0 Å². The lowest BCUT2D eigenvalue weighted by Gasteiger charge is -2.24. The van der Waals surface area contributed by atoms with Crippen LogP contribution >= 0.6 is 0 Å². The van der Waals surface area contributed by atoms with Crippen LogP contribution in [0.15, 0.2) is 0 Å². The molecule has 0 aromatic carbocycles. The Morgan fingerprint density at radius 3 is 2.00 bits per heavy atom. The number of hydrogen-bond acceptors (Lipinski definition) is 2. The Morgan fingerprint density at radius 1 is 1.27 bits per heavy atom. The molecule has 0 saturated heterocycles. The molecule has 11 heavy (non-hydrogen) atoms. The van der Waals surface area contributed by atoms with E-state index in [0.29, 0.717) is 6.04 Å². The van der Waals surface area contributed by atoms with Gasteiger partial charge in [0.15, 0.2) is 8.32 Å². The lowest BCUT2D eigenvalue weighted by molar-refractivity contribution is 0.538. The third kappa shape index (κ3) is 8.26. The van der Waals surface area contributed by atoms with Crippen molar-refractivity contribution in [2.24, 2.45) is 0 Å². The van der Waals surface area contributed by atoms with Crippen molar-refractivity contribution in [3.8, 4) is 0 Å². The van der Waals surface area contributed by atoms with Gasteiger partial charge in [-0.3, -0.25) is 0 Å². The number of rotatable bonds is 4. The lowest BCUT2D eigenvalue weighted by atomic mass is 10.4. The van der Waals surface area contributed by atoms with Gasteiger partial charge in [-0.25, -0.2) is 0 Å². The van der Waals surface area contributed by atoms with Crippen molar-refractivity contribution < 1.29 is 4.12 Å². The fourth-order valence-electron chi connectivity index (χ4n) is 1.03. The molecule has 0 aromatic rings. The Kier molecular flexibility index (Phi) is 4.54. The average Bonchev–Trinajstić information content (AvgIpc) is 1.53. The Bertz CT molecular complexity index is 111. The largest absolute Gasteiger partial charge is 0.447 e. The zero-order valence-corrected chi connectivity index (χ0v) is 10.7. The van der Waals surface area contributed by atoms with Gasteiger partial charge in [0.25, 0.3) is 0 Å². The van der Waals surface area contributed by atoms with Crippen LogP contribution in [-0.2, 0) is 4.12 Å². The van der Waals surface area contributed by atoms with E-state index >= 15 is 0 Å². The fraction of sp³-hybridized carbons (Fsp3) is 1.00. The zero-order valence-electron chi connectivity index (χ0n) is 8.56. The summed E-state index contributed by atoms with van der Waals surface area (Å²) in [5.41, 5.74) is 0. The maximum atomic E-state index is 5.92. The van der Waals surface area contributed by atoms with E-state index in [1.54, 1.807) is 0 Å². The van der Waals surface area contributed by atoms with Crippen molar-refractivity contribution in [3.05, 3.63) is 0 Å².